The summed E-state index contributed by atoms with van der Waals surface area (Å²) < 4.78 is 10.2. The van der Waals surface area contributed by atoms with Crippen molar-refractivity contribution in [1.29, 1.82) is 0 Å². The second-order valence-electron chi connectivity index (χ2n) is 5.49. The average molecular weight is 304 g/mol. The molecule has 21 heavy (non-hydrogen) atoms. The van der Waals surface area contributed by atoms with Gasteiger partial charge in [0.1, 0.15) is 5.54 Å². The van der Waals surface area contributed by atoms with Crippen molar-refractivity contribution in [2.75, 3.05) is 53.6 Å². The average Bonchev–Trinajstić information content (AvgIpc) is 2.47. The Balaban J connectivity index is 4.40. The smallest absolute Gasteiger partial charge is 0.323 e. The first-order chi connectivity index (χ1) is 10.00. The largest absolute Gasteiger partial charge is 0.480 e. The van der Waals surface area contributed by atoms with Crippen LogP contribution in [0.15, 0.2) is 0 Å². The van der Waals surface area contributed by atoms with Crippen molar-refractivity contribution < 1.29 is 19.4 Å². The molecule has 0 aromatic carbocycles. The Morgan fingerprint density at radius 3 is 2.38 bits per heavy atom. The third-order valence-electron chi connectivity index (χ3n) is 3.60. The summed E-state index contributed by atoms with van der Waals surface area (Å²) in [5.74, 6) is -0.792. The molecule has 0 bridgehead atoms. The summed E-state index contributed by atoms with van der Waals surface area (Å²) in [5.41, 5.74) is -0.872. The van der Waals surface area contributed by atoms with E-state index in [1.807, 2.05) is 6.92 Å². The van der Waals surface area contributed by atoms with Crippen molar-refractivity contribution in [2.45, 2.75) is 38.6 Å². The summed E-state index contributed by atoms with van der Waals surface area (Å²) in [5, 5.41) is 12.6. The van der Waals surface area contributed by atoms with Gasteiger partial charge in [-0.25, -0.2) is 0 Å². The first-order valence-electron chi connectivity index (χ1n) is 7.68. The molecule has 0 fully saturated rings. The van der Waals surface area contributed by atoms with Crippen molar-refractivity contribution in [2.24, 2.45) is 0 Å². The van der Waals surface area contributed by atoms with Gasteiger partial charge in [-0.15, -0.1) is 0 Å². The summed E-state index contributed by atoms with van der Waals surface area (Å²) in [4.78, 5) is 13.7. The number of nitrogens with one attached hydrogen (secondary N) is 1. The van der Waals surface area contributed by atoms with Crippen molar-refractivity contribution in [3.05, 3.63) is 0 Å². The van der Waals surface area contributed by atoms with E-state index in [-0.39, 0.29) is 0 Å². The molecule has 0 amide bonds. The minimum Gasteiger partial charge on any atom is -0.480 e. The highest BCUT2D eigenvalue weighted by Gasteiger charge is 2.32. The van der Waals surface area contributed by atoms with Crippen LogP contribution >= 0.6 is 0 Å². The van der Waals surface area contributed by atoms with E-state index in [2.05, 4.69) is 10.2 Å². The molecule has 0 rings (SSSR count). The third kappa shape index (κ3) is 9.03. The molecule has 0 radical (unpaired) electrons. The number of hydrogen-bond acceptors (Lipinski definition) is 5. The van der Waals surface area contributed by atoms with Crippen LogP contribution < -0.4 is 5.32 Å². The van der Waals surface area contributed by atoms with Crippen molar-refractivity contribution in [1.82, 2.24) is 10.2 Å². The number of carbonyl (C=O) groups is 1. The first-order valence-corrected chi connectivity index (χ1v) is 7.68. The predicted octanol–water partition coefficient (Wildman–Crippen LogP) is 1.20. The number of methoxy groups -OCH3 is 2. The zero-order valence-corrected chi connectivity index (χ0v) is 14.0. The van der Waals surface area contributed by atoms with Gasteiger partial charge in [0.05, 0.1) is 6.61 Å². The maximum atomic E-state index is 11.5. The summed E-state index contributed by atoms with van der Waals surface area (Å²) >= 11 is 0. The van der Waals surface area contributed by atoms with Crippen LogP contribution in [-0.2, 0) is 14.3 Å². The van der Waals surface area contributed by atoms with E-state index in [1.54, 1.807) is 21.1 Å². The Hall–Kier alpha value is -0.690. The zero-order chi connectivity index (χ0) is 16.1. The predicted molar refractivity (Wildman–Crippen MR) is 83.8 cm³/mol. The van der Waals surface area contributed by atoms with Crippen LogP contribution in [0.3, 0.4) is 0 Å². The fraction of sp³-hybridized carbons (Fsp3) is 0.933. The molecule has 126 valence electrons. The summed E-state index contributed by atoms with van der Waals surface area (Å²) in [7, 11) is 3.37. The first kappa shape index (κ1) is 20.3. The van der Waals surface area contributed by atoms with Crippen molar-refractivity contribution in [3.8, 4) is 0 Å². The maximum absolute atomic E-state index is 11.5. The fourth-order valence-electron chi connectivity index (χ4n) is 2.04. The second kappa shape index (κ2) is 11.9. The standard InChI is InChI=1S/C15H32N2O4/c1-5-8-16-15(2,14(18)19)7-10-17(11-13-21-4)9-6-12-20-3/h16H,5-13H2,1-4H3,(H,18,19). The summed E-state index contributed by atoms with van der Waals surface area (Å²) in [6, 6.07) is 0. The quantitative estimate of drug-likeness (QED) is 0.470. The highest BCUT2D eigenvalue weighted by Crippen LogP contribution is 2.12. The molecule has 0 aliphatic heterocycles. The van der Waals surface area contributed by atoms with Crippen LogP contribution in [0.5, 0.6) is 0 Å². The highest BCUT2D eigenvalue weighted by atomic mass is 16.5. The number of aliphatic carboxylic acids is 1. The Kier molecular flexibility index (Phi) is 11.5. The number of carboxylic acids is 1. The molecule has 0 spiro atoms. The van der Waals surface area contributed by atoms with Crippen LogP contribution in [0, 0.1) is 0 Å². The molecule has 0 aliphatic rings. The van der Waals surface area contributed by atoms with Crippen molar-refractivity contribution >= 4 is 5.97 Å². The zero-order valence-electron chi connectivity index (χ0n) is 14.0. The third-order valence-corrected chi connectivity index (χ3v) is 3.60. The van der Waals surface area contributed by atoms with Gasteiger partial charge in [-0.3, -0.25) is 4.79 Å². The molecular formula is C15H32N2O4. The molecule has 0 aliphatic carbocycles. The molecular weight excluding hydrogens is 272 g/mol. The van der Waals surface area contributed by atoms with E-state index in [1.165, 1.54) is 0 Å². The molecule has 0 saturated carbocycles. The van der Waals surface area contributed by atoms with Gasteiger partial charge in [-0.1, -0.05) is 6.92 Å². The monoisotopic (exact) mass is 304 g/mol. The lowest BCUT2D eigenvalue weighted by Gasteiger charge is -2.30. The van der Waals surface area contributed by atoms with Crippen LogP contribution in [0.25, 0.3) is 0 Å². The number of hydrogen-bond donors (Lipinski definition) is 2. The molecule has 2 N–H and O–H groups in total. The Labute approximate surface area is 128 Å². The van der Waals surface area contributed by atoms with E-state index in [0.29, 0.717) is 26.2 Å². The van der Waals surface area contributed by atoms with Crippen LogP contribution in [0.4, 0.5) is 0 Å². The molecule has 0 heterocycles. The number of ether oxygens (including phenoxy) is 2. The van der Waals surface area contributed by atoms with Gasteiger partial charge >= 0.3 is 5.97 Å². The molecule has 0 aromatic heterocycles. The van der Waals surface area contributed by atoms with Crippen LogP contribution in [0.2, 0.25) is 0 Å². The van der Waals surface area contributed by atoms with Gasteiger partial charge in [0.25, 0.3) is 0 Å². The molecule has 1 atom stereocenters. The molecule has 0 saturated heterocycles. The minimum atomic E-state index is -0.872. The van der Waals surface area contributed by atoms with Gasteiger partial charge in [-0.05, 0) is 32.7 Å². The maximum Gasteiger partial charge on any atom is 0.323 e. The van der Waals surface area contributed by atoms with Crippen molar-refractivity contribution in [3.63, 3.8) is 0 Å². The summed E-state index contributed by atoms with van der Waals surface area (Å²) in [6.07, 6.45) is 2.43. The molecule has 6 heteroatoms. The second-order valence-corrected chi connectivity index (χ2v) is 5.49. The lowest BCUT2D eigenvalue weighted by Crippen LogP contribution is -2.51. The van der Waals surface area contributed by atoms with Gasteiger partial charge in [0.15, 0.2) is 0 Å². The molecule has 1 unspecified atom stereocenters. The minimum absolute atomic E-state index is 0.568. The van der Waals surface area contributed by atoms with Gasteiger partial charge in [-0.2, -0.15) is 0 Å². The van der Waals surface area contributed by atoms with E-state index < -0.39 is 11.5 Å². The SMILES string of the molecule is CCCNC(C)(CCN(CCCOC)CCOC)C(=O)O. The van der Waals surface area contributed by atoms with E-state index in [9.17, 15) is 9.90 Å². The van der Waals surface area contributed by atoms with E-state index >= 15 is 0 Å². The normalized spacial score (nSPS) is 14.3. The topological polar surface area (TPSA) is 71.0 Å². The highest BCUT2D eigenvalue weighted by molar-refractivity contribution is 5.78. The lowest BCUT2D eigenvalue weighted by molar-refractivity contribution is -0.144. The van der Waals surface area contributed by atoms with Gasteiger partial charge < -0.3 is 24.8 Å². The number of rotatable bonds is 14. The lowest BCUT2D eigenvalue weighted by atomic mass is 9.97. The van der Waals surface area contributed by atoms with Gasteiger partial charge in [0, 0.05) is 40.5 Å². The molecule has 0 aromatic rings. The fourth-order valence-corrected chi connectivity index (χ4v) is 2.04. The number of nitrogens with zero attached hydrogens (tertiary/aromatic N) is 1. The Morgan fingerprint density at radius 2 is 1.86 bits per heavy atom. The van der Waals surface area contributed by atoms with Crippen LogP contribution in [-0.4, -0.2) is 75.1 Å². The van der Waals surface area contributed by atoms with Gasteiger partial charge in [0.2, 0.25) is 0 Å². The van der Waals surface area contributed by atoms with Crippen LogP contribution in [0.1, 0.15) is 33.1 Å². The summed E-state index contributed by atoms with van der Waals surface area (Å²) in [6.45, 7) is 8.30. The molecule has 6 nitrogen and oxygen atoms in total. The number of carboxylic acid groups (broad SMARTS) is 1. The Bertz CT molecular complexity index is 276. The van der Waals surface area contributed by atoms with E-state index in [0.717, 1.165) is 32.5 Å². The van der Waals surface area contributed by atoms with E-state index in [4.69, 9.17) is 9.47 Å². The Morgan fingerprint density at radius 1 is 1.19 bits per heavy atom.